The van der Waals surface area contributed by atoms with Gasteiger partial charge in [-0.1, -0.05) is 12.1 Å². The van der Waals surface area contributed by atoms with Crippen molar-refractivity contribution in [3.8, 4) is 0 Å². The minimum atomic E-state index is -1.04. The average molecular weight is 342 g/mol. The molecule has 2 rings (SSSR count). The number of nitrogens with one attached hydrogen (secondary N) is 2. The Kier molecular flexibility index (Phi) is 5.49. The maximum absolute atomic E-state index is 12.2. The molecule has 0 fully saturated rings. The number of carboxylic acid groups (broad SMARTS) is 1. The monoisotopic (exact) mass is 342 g/mol. The Hall–Kier alpha value is -3.22. The second-order valence-electron chi connectivity index (χ2n) is 5.68. The van der Waals surface area contributed by atoms with Gasteiger partial charge in [-0.3, -0.25) is 4.90 Å². The molecule has 0 atom stereocenters. The summed E-state index contributed by atoms with van der Waals surface area (Å²) >= 11 is 0. The number of urea groups is 1. The Morgan fingerprint density at radius 3 is 2.36 bits per heavy atom. The number of carbonyl (C=O) groups is 2. The van der Waals surface area contributed by atoms with Crippen LogP contribution in [0.4, 0.5) is 32.3 Å². The van der Waals surface area contributed by atoms with E-state index in [9.17, 15) is 14.7 Å². The molecule has 0 aromatic heterocycles. The third-order valence-corrected chi connectivity index (χ3v) is 3.87. The van der Waals surface area contributed by atoms with Crippen LogP contribution in [0.25, 0.3) is 0 Å². The fraction of sp³-hybridized carbons (Fsp3) is 0.222. The molecule has 0 aliphatic rings. The summed E-state index contributed by atoms with van der Waals surface area (Å²) in [6.45, 7) is 5.78. The first-order chi connectivity index (χ1) is 11.8. The number of anilines is 4. The van der Waals surface area contributed by atoms with Crippen molar-refractivity contribution in [2.24, 2.45) is 0 Å². The van der Waals surface area contributed by atoms with E-state index in [-0.39, 0.29) is 0 Å². The lowest BCUT2D eigenvalue weighted by Crippen LogP contribution is -2.29. The smallest absolute Gasteiger partial charge is 0.411 e. The van der Waals surface area contributed by atoms with Crippen LogP contribution >= 0.6 is 0 Å². The minimum Gasteiger partial charge on any atom is -0.465 e. The van der Waals surface area contributed by atoms with Crippen molar-refractivity contribution in [3.05, 3.63) is 47.5 Å². The van der Waals surface area contributed by atoms with Crippen LogP contribution in [0.3, 0.4) is 0 Å². The Morgan fingerprint density at radius 2 is 1.76 bits per heavy atom. The van der Waals surface area contributed by atoms with Crippen LogP contribution in [0.5, 0.6) is 0 Å². The van der Waals surface area contributed by atoms with Gasteiger partial charge in [-0.25, -0.2) is 9.59 Å². The highest BCUT2D eigenvalue weighted by Crippen LogP contribution is 2.24. The number of aryl methyl sites for hydroxylation is 2. The Morgan fingerprint density at radius 1 is 1.08 bits per heavy atom. The number of nitrogens with zero attached hydrogens (tertiary/aromatic N) is 1. The van der Waals surface area contributed by atoms with Gasteiger partial charge in [-0.05, 0) is 56.2 Å². The Labute approximate surface area is 146 Å². The molecule has 7 heteroatoms. The van der Waals surface area contributed by atoms with E-state index in [2.05, 4.69) is 10.6 Å². The highest BCUT2D eigenvalue weighted by atomic mass is 16.4. The molecule has 0 radical (unpaired) electrons. The van der Waals surface area contributed by atoms with Gasteiger partial charge in [0.1, 0.15) is 0 Å². The highest BCUT2D eigenvalue weighted by Gasteiger charge is 2.14. The Balaban J connectivity index is 2.16. The number of amides is 3. The number of hydrogen-bond donors (Lipinski definition) is 4. The molecule has 132 valence electrons. The van der Waals surface area contributed by atoms with Crippen molar-refractivity contribution in [2.45, 2.75) is 20.8 Å². The molecule has 2 aromatic carbocycles. The summed E-state index contributed by atoms with van der Waals surface area (Å²) in [7, 11) is 0. The molecule has 5 N–H and O–H groups in total. The number of hydrogen-bond acceptors (Lipinski definition) is 3. The summed E-state index contributed by atoms with van der Waals surface area (Å²) in [5.41, 5.74) is 9.80. The SMILES string of the molecule is CCN(C(=O)O)c1ccc(C)c(NC(=O)Nc2ccc(C)c(N)c2)c1. The average Bonchev–Trinajstić information content (AvgIpc) is 2.54. The van der Waals surface area contributed by atoms with Crippen LogP contribution in [0.2, 0.25) is 0 Å². The number of rotatable bonds is 4. The minimum absolute atomic E-state index is 0.312. The van der Waals surface area contributed by atoms with Crippen molar-refractivity contribution in [3.63, 3.8) is 0 Å². The lowest BCUT2D eigenvalue weighted by molar-refractivity contribution is 0.202. The second kappa shape index (κ2) is 7.57. The quantitative estimate of drug-likeness (QED) is 0.629. The van der Waals surface area contributed by atoms with Gasteiger partial charge in [0.05, 0.1) is 0 Å². The summed E-state index contributed by atoms with van der Waals surface area (Å²) in [4.78, 5) is 24.7. The van der Waals surface area contributed by atoms with Gasteiger partial charge < -0.3 is 21.5 Å². The summed E-state index contributed by atoms with van der Waals surface area (Å²) in [5, 5.41) is 14.7. The predicted molar refractivity (Wildman–Crippen MR) is 100 cm³/mol. The van der Waals surface area contributed by atoms with Gasteiger partial charge >= 0.3 is 12.1 Å². The lowest BCUT2D eigenvalue weighted by atomic mass is 10.1. The van der Waals surface area contributed by atoms with Crippen LogP contribution in [-0.4, -0.2) is 23.8 Å². The van der Waals surface area contributed by atoms with Crippen molar-refractivity contribution in [2.75, 3.05) is 27.8 Å². The molecule has 0 saturated heterocycles. The van der Waals surface area contributed by atoms with Gasteiger partial charge in [0.25, 0.3) is 0 Å². The summed E-state index contributed by atoms with van der Waals surface area (Å²) < 4.78 is 0. The maximum atomic E-state index is 12.2. The third kappa shape index (κ3) is 4.41. The van der Waals surface area contributed by atoms with E-state index in [4.69, 9.17) is 5.73 Å². The number of nitrogens with two attached hydrogens (primary N) is 1. The molecule has 0 bridgehead atoms. The zero-order valence-electron chi connectivity index (χ0n) is 14.5. The van der Waals surface area contributed by atoms with E-state index in [1.54, 1.807) is 37.3 Å². The standard InChI is InChI=1S/C18H22N4O3/c1-4-22(18(24)25)14-8-6-12(3)16(10-14)21-17(23)20-13-7-5-11(2)15(19)9-13/h5-10H,4,19H2,1-3H3,(H,24,25)(H2,20,21,23). The second-order valence-corrected chi connectivity index (χ2v) is 5.68. The molecule has 7 nitrogen and oxygen atoms in total. The first kappa shape index (κ1) is 18.1. The molecular formula is C18H22N4O3. The molecule has 0 unspecified atom stereocenters. The molecule has 0 aliphatic heterocycles. The molecule has 3 amide bonds. The van der Waals surface area contributed by atoms with Gasteiger partial charge in [0, 0.05) is 29.3 Å². The molecule has 0 aliphatic carbocycles. The van der Waals surface area contributed by atoms with E-state index in [1.807, 2.05) is 19.9 Å². The summed E-state index contributed by atoms with van der Waals surface area (Å²) in [6.07, 6.45) is -1.04. The molecule has 25 heavy (non-hydrogen) atoms. The van der Waals surface area contributed by atoms with E-state index in [0.717, 1.165) is 11.1 Å². The van der Waals surface area contributed by atoms with E-state index in [0.29, 0.717) is 29.3 Å². The maximum Gasteiger partial charge on any atom is 0.411 e. The van der Waals surface area contributed by atoms with Crippen LogP contribution in [0.15, 0.2) is 36.4 Å². The fourth-order valence-corrected chi connectivity index (χ4v) is 2.34. The number of benzene rings is 2. The van der Waals surface area contributed by atoms with Crippen molar-refractivity contribution >= 4 is 34.9 Å². The van der Waals surface area contributed by atoms with E-state index >= 15 is 0 Å². The molecule has 0 spiro atoms. The van der Waals surface area contributed by atoms with Gasteiger partial charge in [0.2, 0.25) is 0 Å². The molecule has 2 aromatic rings. The molecular weight excluding hydrogens is 320 g/mol. The number of nitrogen functional groups attached to an aromatic ring is 1. The predicted octanol–water partition coefficient (Wildman–Crippen LogP) is 4.03. The zero-order chi connectivity index (χ0) is 18.6. The van der Waals surface area contributed by atoms with Crippen molar-refractivity contribution < 1.29 is 14.7 Å². The van der Waals surface area contributed by atoms with Crippen LogP contribution in [0.1, 0.15) is 18.1 Å². The molecule has 0 heterocycles. The van der Waals surface area contributed by atoms with E-state index in [1.165, 1.54) is 4.90 Å². The summed E-state index contributed by atoms with van der Waals surface area (Å²) in [6, 6.07) is 9.94. The van der Waals surface area contributed by atoms with Crippen LogP contribution in [-0.2, 0) is 0 Å². The van der Waals surface area contributed by atoms with Crippen LogP contribution in [0, 0.1) is 13.8 Å². The largest absolute Gasteiger partial charge is 0.465 e. The normalized spacial score (nSPS) is 10.2. The summed E-state index contributed by atoms with van der Waals surface area (Å²) in [5.74, 6) is 0. The number of carbonyl (C=O) groups excluding carboxylic acids is 1. The Bertz CT molecular complexity index is 805. The van der Waals surface area contributed by atoms with E-state index < -0.39 is 12.1 Å². The van der Waals surface area contributed by atoms with Crippen LogP contribution < -0.4 is 21.3 Å². The first-order valence-corrected chi connectivity index (χ1v) is 7.87. The van der Waals surface area contributed by atoms with Crippen molar-refractivity contribution in [1.29, 1.82) is 0 Å². The fourth-order valence-electron chi connectivity index (χ4n) is 2.34. The third-order valence-electron chi connectivity index (χ3n) is 3.87. The molecule has 0 saturated carbocycles. The first-order valence-electron chi connectivity index (χ1n) is 7.87. The topological polar surface area (TPSA) is 108 Å². The van der Waals surface area contributed by atoms with Gasteiger partial charge in [0.15, 0.2) is 0 Å². The highest BCUT2D eigenvalue weighted by molar-refractivity contribution is 6.01. The van der Waals surface area contributed by atoms with Crippen molar-refractivity contribution in [1.82, 2.24) is 0 Å². The van der Waals surface area contributed by atoms with Gasteiger partial charge in [-0.15, -0.1) is 0 Å². The zero-order valence-corrected chi connectivity index (χ0v) is 14.5. The lowest BCUT2D eigenvalue weighted by Gasteiger charge is -2.19. The van der Waals surface area contributed by atoms with Gasteiger partial charge in [-0.2, -0.15) is 0 Å².